The van der Waals surface area contributed by atoms with Gasteiger partial charge in [-0.1, -0.05) is 275 Å². The van der Waals surface area contributed by atoms with Crippen LogP contribution in [0.1, 0.15) is 258 Å². The van der Waals surface area contributed by atoms with Gasteiger partial charge < -0.3 is 14.2 Å². The first-order valence-corrected chi connectivity index (χ1v) is 31.5. The Balaban J connectivity index is 4.47. The molecule has 78 heavy (non-hydrogen) atoms. The van der Waals surface area contributed by atoms with Crippen LogP contribution in [-0.2, 0) is 28.6 Å². The van der Waals surface area contributed by atoms with Crippen LogP contribution < -0.4 is 0 Å². The maximum absolute atomic E-state index is 12.9. The Kier molecular flexibility index (Phi) is 60.4. The number of ether oxygens (including phenoxy) is 3. The van der Waals surface area contributed by atoms with E-state index in [9.17, 15) is 14.4 Å². The molecule has 6 nitrogen and oxygen atoms in total. The molecule has 0 heterocycles. The highest BCUT2D eigenvalue weighted by molar-refractivity contribution is 5.71. The molecule has 6 heteroatoms. The van der Waals surface area contributed by atoms with Gasteiger partial charge in [0.1, 0.15) is 13.2 Å². The Bertz CT molecular complexity index is 1760. The smallest absolute Gasteiger partial charge is 0.306 e. The molecule has 0 aromatic carbocycles. The van der Waals surface area contributed by atoms with Crippen molar-refractivity contribution in [2.45, 2.75) is 264 Å². The molecule has 0 bridgehead atoms. The van der Waals surface area contributed by atoms with Crippen molar-refractivity contribution in [3.63, 3.8) is 0 Å². The van der Waals surface area contributed by atoms with Gasteiger partial charge in [0.2, 0.25) is 0 Å². The Morgan fingerprint density at radius 3 is 0.821 bits per heavy atom. The quantitative estimate of drug-likeness (QED) is 0.0261. The van der Waals surface area contributed by atoms with E-state index in [-0.39, 0.29) is 37.5 Å². The summed E-state index contributed by atoms with van der Waals surface area (Å²) < 4.78 is 16.8. The second-order valence-corrected chi connectivity index (χ2v) is 20.2. The van der Waals surface area contributed by atoms with Crippen LogP contribution in [0, 0.1) is 0 Å². The van der Waals surface area contributed by atoms with Crippen molar-refractivity contribution in [2.24, 2.45) is 0 Å². The van der Waals surface area contributed by atoms with Crippen molar-refractivity contribution in [1.29, 1.82) is 0 Å². The summed E-state index contributed by atoms with van der Waals surface area (Å²) in [7, 11) is 0. The molecule has 0 aliphatic heterocycles. The van der Waals surface area contributed by atoms with Gasteiger partial charge in [-0.3, -0.25) is 14.4 Å². The van der Waals surface area contributed by atoms with Gasteiger partial charge in [-0.2, -0.15) is 0 Å². The summed E-state index contributed by atoms with van der Waals surface area (Å²) in [4.78, 5) is 38.2. The van der Waals surface area contributed by atoms with Gasteiger partial charge in [0.15, 0.2) is 6.10 Å². The van der Waals surface area contributed by atoms with Gasteiger partial charge in [-0.05, 0) is 122 Å². The van der Waals surface area contributed by atoms with Crippen molar-refractivity contribution in [3.8, 4) is 0 Å². The highest BCUT2D eigenvalue weighted by Gasteiger charge is 2.19. The zero-order valence-corrected chi connectivity index (χ0v) is 50.1. The zero-order valence-electron chi connectivity index (χ0n) is 50.1. The minimum absolute atomic E-state index is 0.113. The second kappa shape index (κ2) is 64.6. The SMILES string of the molecule is CC/C=C\C/C=C\C/C=C\C/C=C\C/C=C\C/C=C\C/C=C\C/C=C\CCCCCCC(=O)OCC(COC(=O)CCCCCCCCCCCCCCCC)OC(=O)CCC/C=C\C/C=C\C/C=C\C/C=C\C/C=C\CC. The predicted octanol–water partition coefficient (Wildman–Crippen LogP) is 21.7. The van der Waals surface area contributed by atoms with Gasteiger partial charge in [-0.15, -0.1) is 0 Å². The van der Waals surface area contributed by atoms with Crippen LogP contribution in [0.3, 0.4) is 0 Å². The van der Waals surface area contributed by atoms with Gasteiger partial charge in [0.05, 0.1) is 0 Å². The van der Waals surface area contributed by atoms with E-state index in [2.05, 4.69) is 179 Å². The van der Waals surface area contributed by atoms with E-state index in [4.69, 9.17) is 14.2 Å². The number of unbranched alkanes of at least 4 members (excludes halogenated alkanes) is 18. The Hall–Kier alpha value is -4.97. The van der Waals surface area contributed by atoms with Crippen molar-refractivity contribution in [3.05, 3.63) is 158 Å². The van der Waals surface area contributed by atoms with E-state index >= 15 is 0 Å². The third-order valence-electron chi connectivity index (χ3n) is 12.8. The number of esters is 3. The molecule has 0 N–H and O–H groups in total. The summed E-state index contributed by atoms with van der Waals surface area (Å²) in [5, 5.41) is 0. The number of carbonyl (C=O) groups excluding carboxylic acids is 3. The molecule has 0 aromatic heterocycles. The number of rotatable bonds is 55. The second-order valence-electron chi connectivity index (χ2n) is 20.2. The van der Waals surface area contributed by atoms with Gasteiger partial charge >= 0.3 is 17.9 Å². The summed E-state index contributed by atoms with van der Waals surface area (Å²) >= 11 is 0. The molecule has 0 saturated carbocycles. The molecule has 1 atom stereocenters. The van der Waals surface area contributed by atoms with E-state index in [0.717, 1.165) is 141 Å². The molecule has 0 radical (unpaired) electrons. The van der Waals surface area contributed by atoms with Crippen LogP contribution in [0.2, 0.25) is 0 Å². The largest absolute Gasteiger partial charge is 0.462 e. The minimum atomic E-state index is -0.825. The molecule has 438 valence electrons. The molecule has 0 aliphatic carbocycles. The normalized spacial score (nSPS) is 13.2. The average molecular weight is 1080 g/mol. The molecule has 0 amide bonds. The molecule has 0 fully saturated rings. The fourth-order valence-electron chi connectivity index (χ4n) is 8.14. The van der Waals surface area contributed by atoms with E-state index in [1.54, 1.807) is 0 Å². The summed E-state index contributed by atoms with van der Waals surface area (Å²) in [5.74, 6) is -1.00. The number of carbonyl (C=O) groups is 3. The van der Waals surface area contributed by atoms with Crippen LogP contribution in [0.15, 0.2) is 158 Å². The molecule has 1 unspecified atom stereocenters. The number of hydrogen-bond acceptors (Lipinski definition) is 6. The summed E-state index contributed by atoms with van der Waals surface area (Å²) in [6.45, 7) is 6.34. The van der Waals surface area contributed by atoms with Crippen molar-refractivity contribution in [1.82, 2.24) is 0 Å². The lowest BCUT2D eigenvalue weighted by molar-refractivity contribution is -0.167. The van der Waals surface area contributed by atoms with Crippen LogP contribution in [0.4, 0.5) is 0 Å². The third kappa shape index (κ3) is 61.9. The third-order valence-corrected chi connectivity index (χ3v) is 12.8. The van der Waals surface area contributed by atoms with Crippen LogP contribution >= 0.6 is 0 Å². The number of allylic oxidation sites excluding steroid dienone is 26. The summed E-state index contributed by atoms with van der Waals surface area (Å²) in [6.07, 6.45) is 93.9. The van der Waals surface area contributed by atoms with Gasteiger partial charge in [0.25, 0.3) is 0 Å². The maximum atomic E-state index is 12.9. The first kappa shape index (κ1) is 73.0. The van der Waals surface area contributed by atoms with E-state index in [1.807, 2.05) is 0 Å². The van der Waals surface area contributed by atoms with E-state index < -0.39 is 6.10 Å². The highest BCUT2D eigenvalue weighted by Crippen LogP contribution is 2.15. The zero-order chi connectivity index (χ0) is 56.4. The van der Waals surface area contributed by atoms with Gasteiger partial charge in [-0.25, -0.2) is 0 Å². The lowest BCUT2D eigenvalue weighted by Crippen LogP contribution is -2.30. The molecule has 0 saturated heterocycles. The highest BCUT2D eigenvalue weighted by atomic mass is 16.6. The molecule has 0 aliphatic rings. The van der Waals surface area contributed by atoms with Crippen molar-refractivity contribution in [2.75, 3.05) is 13.2 Å². The average Bonchev–Trinajstić information content (AvgIpc) is 3.44. The topological polar surface area (TPSA) is 78.9 Å². The summed E-state index contributed by atoms with van der Waals surface area (Å²) in [6, 6.07) is 0. The minimum Gasteiger partial charge on any atom is -0.462 e. The summed E-state index contributed by atoms with van der Waals surface area (Å²) in [5.41, 5.74) is 0. The standard InChI is InChI=1S/C72H114O6/c1-4-7-10-13-16-19-22-25-28-30-31-32-33-34-35-36-37-38-39-40-41-43-44-47-50-53-56-59-62-65-71(74)77-68-69(67-76-70(73)64-61-58-55-52-49-46-27-24-21-18-15-12-9-6-3)78-72(75)66-63-60-57-54-51-48-45-42-29-26-23-20-17-14-11-8-5-2/h7-8,10-11,16-17,19-20,25-26,28-29,31-32,34-35,37-38,40-41,44-45,47-48,54,57,69H,4-6,9,12-15,18,21-24,27,30,33,36,39,42-43,46,49-53,55-56,58-68H2,1-3H3/b10-7-,11-8-,19-16-,20-17-,28-25-,29-26-,32-31-,35-34-,38-37-,41-40-,47-44-,48-45-,57-54-. The fourth-order valence-corrected chi connectivity index (χ4v) is 8.14. The van der Waals surface area contributed by atoms with Crippen LogP contribution in [-0.4, -0.2) is 37.2 Å². The molecular formula is C72H114O6. The Labute approximate surface area is 480 Å². The van der Waals surface area contributed by atoms with E-state index in [1.165, 1.54) is 70.6 Å². The van der Waals surface area contributed by atoms with Crippen molar-refractivity contribution >= 4 is 17.9 Å². The van der Waals surface area contributed by atoms with Crippen molar-refractivity contribution < 1.29 is 28.6 Å². The predicted molar refractivity (Wildman–Crippen MR) is 338 cm³/mol. The van der Waals surface area contributed by atoms with Crippen LogP contribution in [0.5, 0.6) is 0 Å². The Morgan fingerprint density at radius 2 is 0.513 bits per heavy atom. The lowest BCUT2D eigenvalue weighted by atomic mass is 10.0. The van der Waals surface area contributed by atoms with E-state index in [0.29, 0.717) is 19.3 Å². The monoisotopic (exact) mass is 1070 g/mol. The fraction of sp³-hybridized carbons (Fsp3) is 0.597. The maximum Gasteiger partial charge on any atom is 0.306 e. The molecular weight excluding hydrogens is 961 g/mol. The van der Waals surface area contributed by atoms with Gasteiger partial charge in [0, 0.05) is 19.3 Å². The number of hydrogen-bond donors (Lipinski definition) is 0. The molecule has 0 aromatic rings. The van der Waals surface area contributed by atoms with Crippen LogP contribution in [0.25, 0.3) is 0 Å². The first-order valence-electron chi connectivity index (χ1n) is 31.5. The first-order chi connectivity index (χ1) is 38.5. The molecule has 0 spiro atoms. The lowest BCUT2D eigenvalue weighted by Gasteiger charge is -2.18. The molecule has 0 rings (SSSR count). The Morgan fingerprint density at radius 1 is 0.269 bits per heavy atom.